The first kappa shape index (κ1) is 14.3. The zero-order chi connectivity index (χ0) is 15.5. The summed E-state index contributed by atoms with van der Waals surface area (Å²) in [5.41, 5.74) is 2.28. The second-order valence-corrected chi connectivity index (χ2v) is 5.47. The zero-order valence-electron chi connectivity index (χ0n) is 12.5. The van der Waals surface area contributed by atoms with Crippen molar-refractivity contribution in [3.8, 4) is 0 Å². The molecule has 6 heteroatoms. The van der Waals surface area contributed by atoms with E-state index in [1.165, 1.54) is 0 Å². The van der Waals surface area contributed by atoms with Gasteiger partial charge in [-0.05, 0) is 24.1 Å². The largest absolute Gasteiger partial charge is 0.338 e. The Bertz CT molecular complexity index is 690. The van der Waals surface area contributed by atoms with E-state index in [-0.39, 0.29) is 11.8 Å². The van der Waals surface area contributed by atoms with E-state index >= 15 is 0 Å². The Morgan fingerprint density at radius 1 is 1.32 bits per heavy atom. The van der Waals surface area contributed by atoms with Gasteiger partial charge in [0.1, 0.15) is 0 Å². The molecule has 1 aromatic heterocycles. The summed E-state index contributed by atoms with van der Waals surface area (Å²) < 4.78 is 1.63. The van der Waals surface area contributed by atoms with Gasteiger partial charge < -0.3 is 10.2 Å². The molecule has 2 heterocycles. The third kappa shape index (κ3) is 3.16. The molecular weight excluding hydrogens is 280 g/mol. The normalized spacial score (nSPS) is 14.4. The fraction of sp³-hybridized carbons (Fsp3) is 0.312. The minimum absolute atomic E-state index is 0.170. The average molecular weight is 298 g/mol. The lowest BCUT2D eigenvalue weighted by molar-refractivity contribution is -0.128. The van der Waals surface area contributed by atoms with Gasteiger partial charge in [0.05, 0.1) is 11.9 Å². The van der Waals surface area contributed by atoms with Crippen LogP contribution in [0.3, 0.4) is 0 Å². The van der Waals surface area contributed by atoms with Gasteiger partial charge in [0.15, 0.2) is 0 Å². The van der Waals surface area contributed by atoms with E-state index in [9.17, 15) is 9.59 Å². The Morgan fingerprint density at radius 2 is 2.09 bits per heavy atom. The Balaban J connectivity index is 1.63. The summed E-state index contributed by atoms with van der Waals surface area (Å²) >= 11 is 0. The number of carbonyl (C=O) groups excluding carboxylic acids is 2. The van der Waals surface area contributed by atoms with Crippen molar-refractivity contribution < 1.29 is 9.59 Å². The smallest absolute Gasteiger partial charge is 0.255 e. The van der Waals surface area contributed by atoms with Gasteiger partial charge in [0, 0.05) is 38.3 Å². The minimum atomic E-state index is -0.170. The number of aromatic nitrogens is 2. The van der Waals surface area contributed by atoms with E-state index in [1.54, 1.807) is 36.3 Å². The van der Waals surface area contributed by atoms with E-state index in [1.807, 2.05) is 17.0 Å². The highest BCUT2D eigenvalue weighted by Gasteiger charge is 2.20. The van der Waals surface area contributed by atoms with Crippen molar-refractivity contribution in [2.75, 3.05) is 11.9 Å². The number of nitrogens with zero attached hydrogens (tertiary/aromatic N) is 3. The van der Waals surface area contributed by atoms with Crippen LogP contribution in [0.5, 0.6) is 0 Å². The van der Waals surface area contributed by atoms with Crippen LogP contribution in [0, 0.1) is 0 Å². The molecule has 1 fully saturated rings. The topological polar surface area (TPSA) is 67.2 Å². The molecule has 1 aliphatic rings. The number of nitrogens with one attached hydrogen (secondary N) is 1. The second kappa shape index (κ2) is 6.01. The molecule has 114 valence electrons. The van der Waals surface area contributed by atoms with E-state index in [0.29, 0.717) is 24.2 Å². The number of rotatable bonds is 4. The van der Waals surface area contributed by atoms with Crippen molar-refractivity contribution in [2.24, 2.45) is 7.05 Å². The highest BCUT2D eigenvalue weighted by atomic mass is 16.2. The first-order chi connectivity index (χ1) is 10.6. The fourth-order valence-electron chi connectivity index (χ4n) is 2.54. The van der Waals surface area contributed by atoms with Crippen LogP contribution >= 0.6 is 0 Å². The molecule has 1 N–H and O–H groups in total. The van der Waals surface area contributed by atoms with Gasteiger partial charge in [-0.2, -0.15) is 5.10 Å². The molecule has 2 aromatic rings. The van der Waals surface area contributed by atoms with Crippen LogP contribution < -0.4 is 5.32 Å². The van der Waals surface area contributed by atoms with Gasteiger partial charge in [-0.3, -0.25) is 14.3 Å². The minimum Gasteiger partial charge on any atom is -0.338 e. The van der Waals surface area contributed by atoms with Crippen LogP contribution in [-0.4, -0.2) is 33.0 Å². The highest BCUT2D eigenvalue weighted by molar-refractivity contribution is 6.04. The summed E-state index contributed by atoms with van der Waals surface area (Å²) in [4.78, 5) is 25.6. The first-order valence-electron chi connectivity index (χ1n) is 7.28. The molecule has 0 radical (unpaired) electrons. The van der Waals surface area contributed by atoms with E-state index < -0.39 is 0 Å². The van der Waals surface area contributed by atoms with Crippen molar-refractivity contribution in [1.29, 1.82) is 0 Å². The lowest BCUT2D eigenvalue weighted by Gasteiger charge is -2.15. The van der Waals surface area contributed by atoms with E-state index in [2.05, 4.69) is 10.4 Å². The van der Waals surface area contributed by atoms with Crippen LogP contribution in [0.2, 0.25) is 0 Å². The summed E-state index contributed by atoms with van der Waals surface area (Å²) in [5, 5.41) is 6.80. The molecule has 6 nitrogen and oxygen atoms in total. The zero-order valence-corrected chi connectivity index (χ0v) is 12.5. The number of amides is 2. The maximum Gasteiger partial charge on any atom is 0.255 e. The predicted molar refractivity (Wildman–Crippen MR) is 82.3 cm³/mol. The van der Waals surface area contributed by atoms with Gasteiger partial charge in [0.2, 0.25) is 5.91 Å². The van der Waals surface area contributed by atoms with Crippen LogP contribution in [0.4, 0.5) is 5.69 Å². The van der Waals surface area contributed by atoms with Gasteiger partial charge in [-0.15, -0.1) is 0 Å². The van der Waals surface area contributed by atoms with E-state index in [4.69, 9.17) is 0 Å². The SMILES string of the molecule is Cn1cc(NC(=O)c2ccc(CN3CCCC3=O)cc2)cn1. The maximum atomic E-state index is 12.1. The Morgan fingerprint density at radius 3 is 2.68 bits per heavy atom. The number of likely N-dealkylation sites (tertiary alicyclic amines) is 1. The molecule has 1 aliphatic heterocycles. The molecule has 3 rings (SSSR count). The summed E-state index contributed by atoms with van der Waals surface area (Å²) in [6, 6.07) is 7.34. The van der Waals surface area contributed by atoms with Crippen molar-refractivity contribution in [2.45, 2.75) is 19.4 Å². The molecule has 0 saturated carbocycles. The Labute approximate surface area is 128 Å². The van der Waals surface area contributed by atoms with Crippen molar-refractivity contribution in [3.63, 3.8) is 0 Å². The lowest BCUT2D eigenvalue weighted by atomic mass is 10.1. The molecule has 2 amide bonds. The van der Waals surface area contributed by atoms with Gasteiger partial charge in [-0.25, -0.2) is 0 Å². The number of carbonyl (C=O) groups is 2. The van der Waals surface area contributed by atoms with Crippen LogP contribution in [-0.2, 0) is 18.4 Å². The van der Waals surface area contributed by atoms with Gasteiger partial charge >= 0.3 is 0 Å². The second-order valence-electron chi connectivity index (χ2n) is 5.47. The molecule has 0 unspecified atom stereocenters. The maximum absolute atomic E-state index is 12.1. The molecule has 1 saturated heterocycles. The Hall–Kier alpha value is -2.63. The van der Waals surface area contributed by atoms with Crippen molar-refractivity contribution in [1.82, 2.24) is 14.7 Å². The summed E-state index contributed by atoms with van der Waals surface area (Å²) in [6.45, 7) is 1.44. The number of anilines is 1. The molecule has 0 atom stereocenters. The molecule has 0 spiro atoms. The third-order valence-corrected chi connectivity index (χ3v) is 3.72. The fourth-order valence-corrected chi connectivity index (χ4v) is 2.54. The molecule has 0 aliphatic carbocycles. The van der Waals surface area contributed by atoms with Gasteiger partial charge in [-0.1, -0.05) is 12.1 Å². The van der Waals surface area contributed by atoms with E-state index in [0.717, 1.165) is 18.5 Å². The molecule has 1 aromatic carbocycles. The summed E-state index contributed by atoms with van der Waals surface area (Å²) in [6.07, 6.45) is 4.92. The Kier molecular flexibility index (Phi) is 3.91. The first-order valence-corrected chi connectivity index (χ1v) is 7.28. The van der Waals surface area contributed by atoms with Crippen molar-refractivity contribution >= 4 is 17.5 Å². The number of hydrogen-bond donors (Lipinski definition) is 1. The quantitative estimate of drug-likeness (QED) is 0.936. The van der Waals surface area contributed by atoms with Gasteiger partial charge in [0.25, 0.3) is 5.91 Å². The standard InChI is InChI=1S/C16H18N4O2/c1-19-11-14(9-17-19)18-16(22)13-6-4-12(5-7-13)10-20-8-2-3-15(20)21/h4-7,9,11H,2-3,8,10H2,1H3,(H,18,22). The summed E-state index contributed by atoms with van der Waals surface area (Å²) in [7, 11) is 1.80. The van der Waals surface area contributed by atoms with Crippen LogP contribution in [0.25, 0.3) is 0 Å². The number of hydrogen-bond acceptors (Lipinski definition) is 3. The van der Waals surface area contributed by atoms with Crippen LogP contribution in [0.1, 0.15) is 28.8 Å². The predicted octanol–water partition coefficient (Wildman–Crippen LogP) is 1.79. The average Bonchev–Trinajstić information content (AvgIpc) is 3.09. The number of benzene rings is 1. The monoisotopic (exact) mass is 298 g/mol. The summed E-state index contributed by atoms with van der Waals surface area (Å²) in [5.74, 6) is 0.0372. The number of aryl methyl sites for hydroxylation is 1. The third-order valence-electron chi connectivity index (χ3n) is 3.72. The molecule has 0 bridgehead atoms. The lowest BCUT2D eigenvalue weighted by Crippen LogP contribution is -2.23. The van der Waals surface area contributed by atoms with Crippen LogP contribution in [0.15, 0.2) is 36.7 Å². The van der Waals surface area contributed by atoms with Crippen molar-refractivity contribution in [3.05, 3.63) is 47.8 Å². The highest BCUT2D eigenvalue weighted by Crippen LogP contribution is 2.15. The molecular formula is C16H18N4O2. The molecule has 22 heavy (non-hydrogen) atoms.